The molecule has 6 rings (SSSR count). The van der Waals surface area contributed by atoms with Gasteiger partial charge in [-0.1, -0.05) is 37.3 Å². The van der Waals surface area contributed by atoms with Crippen LogP contribution in [-0.2, 0) is 32.9 Å². The molecule has 3 aromatic rings. The molecule has 0 radical (unpaired) electrons. The van der Waals surface area contributed by atoms with Crippen LogP contribution < -0.4 is 15.0 Å². The van der Waals surface area contributed by atoms with Crippen LogP contribution in [0, 0.1) is 5.92 Å². The lowest BCUT2D eigenvalue weighted by Crippen LogP contribution is -2.48. The topological polar surface area (TPSA) is 129 Å². The van der Waals surface area contributed by atoms with Gasteiger partial charge >= 0.3 is 0 Å². The van der Waals surface area contributed by atoms with E-state index in [2.05, 4.69) is 11.9 Å². The van der Waals surface area contributed by atoms with Gasteiger partial charge in [0, 0.05) is 41.4 Å². The lowest BCUT2D eigenvalue weighted by atomic mass is 9.82. The van der Waals surface area contributed by atoms with Gasteiger partial charge in [0.15, 0.2) is 13.9 Å². The maximum absolute atomic E-state index is 14.5. The molecule has 5 atom stereocenters. The zero-order valence-electron chi connectivity index (χ0n) is 27.8. The quantitative estimate of drug-likeness (QED) is 0.224. The van der Waals surface area contributed by atoms with Crippen LogP contribution in [0.15, 0.2) is 79.4 Å². The summed E-state index contributed by atoms with van der Waals surface area (Å²) in [6.07, 6.45) is 1.38. The molecule has 0 bridgehead atoms. The van der Waals surface area contributed by atoms with Crippen molar-refractivity contribution in [2.24, 2.45) is 5.92 Å². The molecular weight excluding hydrogens is 627 g/mol. The highest BCUT2D eigenvalue weighted by Gasteiger charge is 2.66. The average Bonchev–Trinajstić information content (AvgIpc) is 3.50. The molecule has 0 unspecified atom stereocenters. The summed E-state index contributed by atoms with van der Waals surface area (Å²) in [4.78, 5) is 56.8. The van der Waals surface area contributed by atoms with Crippen molar-refractivity contribution < 1.29 is 33.8 Å². The second-order valence-electron chi connectivity index (χ2n) is 13.5. The molecule has 11 heteroatoms. The molecule has 3 N–H and O–H groups in total. The number of anilines is 2. The molecule has 3 heterocycles. The number of benzene rings is 3. The molecule has 10 nitrogen and oxygen atoms in total. The van der Waals surface area contributed by atoms with Crippen LogP contribution in [0.2, 0.25) is 18.6 Å². The molecule has 1 spiro atoms. The third kappa shape index (κ3) is 5.74. The van der Waals surface area contributed by atoms with E-state index in [0.29, 0.717) is 41.2 Å². The number of hydrogen-bond donors (Lipinski definition) is 3. The van der Waals surface area contributed by atoms with Gasteiger partial charge in [-0.15, -0.1) is 6.58 Å². The summed E-state index contributed by atoms with van der Waals surface area (Å²) < 4.78 is 12.1. The molecule has 3 aliphatic heterocycles. The number of methoxy groups -OCH3 is 1. The highest BCUT2D eigenvalue weighted by molar-refractivity contribution is 6.71. The number of rotatable bonds is 9. The third-order valence-electron chi connectivity index (χ3n) is 10.2. The Hall–Kier alpha value is -4.29. The predicted octanol–water partition coefficient (Wildman–Crippen LogP) is 4.61. The standard InChI is InChI=1S/C37H43N3O7Si/c1-6-17-39-31-16-13-27(38-35(43)24-11-14-29(46-3)15-12-24)19-30(31)37(36(39)44)23(2)34(48(4,5)45)32(47-37)20-33(42)40-21-26-10-8-7-9-25(26)18-28(40)22-41/h6-16,19,23,28,32,34,41,45H,1,17-18,20-22H2,2-5H3,(H,38,43)/t23-,28+,32+,34-,37+/m1/s1. The van der Waals surface area contributed by atoms with Crippen LogP contribution in [0.1, 0.15) is 40.4 Å². The largest absolute Gasteiger partial charge is 0.497 e. The number of carbonyl (C=O) groups excluding carboxylic acids is 3. The fourth-order valence-electron chi connectivity index (χ4n) is 7.94. The molecule has 252 valence electrons. The monoisotopic (exact) mass is 669 g/mol. The maximum Gasteiger partial charge on any atom is 0.264 e. The van der Waals surface area contributed by atoms with E-state index in [1.54, 1.807) is 65.5 Å². The Balaban J connectivity index is 1.34. The van der Waals surface area contributed by atoms with Crippen LogP contribution in [0.4, 0.5) is 11.4 Å². The lowest BCUT2D eigenvalue weighted by Gasteiger charge is -2.37. The summed E-state index contributed by atoms with van der Waals surface area (Å²) in [6, 6.07) is 19.6. The number of ether oxygens (including phenoxy) is 2. The van der Waals surface area contributed by atoms with E-state index in [0.717, 1.165) is 11.1 Å². The van der Waals surface area contributed by atoms with E-state index in [1.807, 2.05) is 44.3 Å². The first-order chi connectivity index (χ1) is 22.9. The minimum absolute atomic E-state index is 0.0512. The number of nitrogens with one attached hydrogen (secondary N) is 1. The Morgan fingerprint density at radius 3 is 2.48 bits per heavy atom. The van der Waals surface area contributed by atoms with Crippen molar-refractivity contribution in [3.8, 4) is 5.75 Å². The van der Waals surface area contributed by atoms with Crippen LogP contribution in [0.3, 0.4) is 0 Å². The first-order valence-corrected chi connectivity index (χ1v) is 19.4. The van der Waals surface area contributed by atoms with Gasteiger partial charge in [0.1, 0.15) is 5.75 Å². The normalized spacial score (nSPS) is 24.8. The van der Waals surface area contributed by atoms with E-state index in [1.165, 1.54) is 0 Å². The van der Waals surface area contributed by atoms with Crippen LogP contribution >= 0.6 is 0 Å². The smallest absolute Gasteiger partial charge is 0.264 e. The first kappa shape index (κ1) is 33.6. The van der Waals surface area contributed by atoms with Crippen molar-refractivity contribution in [3.63, 3.8) is 0 Å². The van der Waals surface area contributed by atoms with Gasteiger partial charge in [0.2, 0.25) is 5.91 Å². The van der Waals surface area contributed by atoms with E-state index in [4.69, 9.17) is 9.47 Å². The summed E-state index contributed by atoms with van der Waals surface area (Å²) in [6.45, 7) is 9.82. The molecule has 3 amide bonds. The fraction of sp³-hybridized carbons (Fsp3) is 0.378. The molecule has 0 aliphatic carbocycles. The molecule has 3 aromatic carbocycles. The zero-order valence-corrected chi connectivity index (χ0v) is 28.8. The second kappa shape index (κ2) is 13.0. The van der Waals surface area contributed by atoms with Crippen molar-refractivity contribution in [2.45, 2.75) is 62.7 Å². The minimum Gasteiger partial charge on any atom is -0.497 e. The number of amides is 3. The van der Waals surface area contributed by atoms with Gasteiger partial charge < -0.3 is 34.5 Å². The van der Waals surface area contributed by atoms with Crippen molar-refractivity contribution in [1.29, 1.82) is 0 Å². The van der Waals surface area contributed by atoms with Crippen molar-refractivity contribution >= 4 is 37.4 Å². The van der Waals surface area contributed by atoms with E-state index >= 15 is 0 Å². The van der Waals surface area contributed by atoms with Crippen molar-refractivity contribution in [3.05, 3.63) is 102 Å². The highest BCUT2D eigenvalue weighted by atomic mass is 28.4. The molecular formula is C37H43N3O7Si. The number of hydrogen-bond acceptors (Lipinski definition) is 7. The lowest BCUT2D eigenvalue weighted by molar-refractivity contribution is -0.150. The molecule has 1 fully saturated rings. The van der Waals surface area contributed by atoms with E-state index in [9.17, 15) is 24.3 Å². The third-order valence-corrected chi connectivity index (χ3v) is 12.7. The summed E-state index contributed by atoms with van der Waals surface area (Å²) >= 11 is 0. The Bertz CT molecular complexity index is 1740. The van der Waals surface area contributed by atoms with Gasteiger partial charge in [0.25, 0.3) is 11.8 Å². The number of carbonyl (C=O) groups is 3. The number of nitrogens with zero attached hydrogens (tertiary/aromatic N) is 2. The Morgan fingerprint density at radius 1 is 1.12 bits per heavy atom. The molecule has 48 heavy (non-hydrogen) atoms. The Morgan fingerprint density at radius 2 is 1.83 bits per heavy atom. The Labute approximate surface area is 282 Å². The SMILES string of the molecule is C=CCN1C(=O)[C@@]2(O[C@@H](CC(=O)N3Cc4ccccc4C[C@H]3CO)[C@H]([Si](C)(C)O)[C@H]2C)c2cc(NC(=O)c3ccc(OC)cc3)ccc21. The number of aliphatic hydroxyl groups is 1. The molecule has 0 saturated carbocycles. The predicted molar refractivity (Wildman–Crippen MR) is 185 cm³/mol. The summed E-state index contributed by atoms with van der Waals surface area (Å²) in [5, 5.41) is 13.2. The summed E-state index contributed by atoms with van der Waals surface area (Å²) in [5.74, 6) is -0.677. The average molecular weight is 670 g/mol. The van der Waals surface area contributed by atoms with E-state index in [-0.39, 0.29) is 43.3 Å². The van der Waals surface area contributed by atoms with Crippen molar-refractivity contribution in [2.75, 3.05) is 30.5 Å². The van der Waals surface area contributed by atoms with Gasteiger partial charge in [-0.25, -0.2) is 0 Å². The first-order valence-electron chi connectivity index (χ1n) is 16.3. The van der Waals surface area contributed by atoms with Gasteiger partial charge in [-0.05, 0) is 73.1 Å². The highest BCUT2D eigenvalue weighted by Crippen LogP contribution is 2.60. The minimum atomic E-state index is -3.04. The van der Waals surface area contributed by atoms with Gasteiger partial charge in [-0.2, -0.15) is 0 Å². The van der Waals surface area contributed by atoms with Crippen molar-refractivity contribution in [1.82, 2.24) is 4.90 Å². The van der Waals surface area contributed by atoms with Gasteiger partial charge in [0.05, 0.1) is 38.0 Å². The van der Waals surface area contributed by atoms with Gasteiger partial charge in [-0.3, -0.25) is 14.4 Å². The van der Waals surface area contributed by atoms with Crippen LogP contribution in [-0.4, -0.2) is 73.2 Å². The summed E-state index contributed by atoms with van der Waals surface area (Å²) in [7, 11) is -1.48. The molecule has 0 aromatic heterocycles. The fourth-order valence-corrected chi connectivity index (χ4v) is 10.5. The van der Waals surface area contributed by atoms with E-state index < -0.39 is 31.5 Å². The summed E-state index contributed by atoms with van der Waals surface area (Å²) in [5.41, 5.74) is 2.30. The maximum atomic E-state index is 14.5. The zero-order chi connectivity index (χ0) is 34.4. The Kier molecular flexibility index (Phi) is 9.07. The number of fused-ring (bicyclic) bond motifs is 3. The van der Waals surface area contributed by atoms with Crippen LogP contribution in [0.5, 0.6) is 5.75 Å². The van der Waals surface area contributed by atoms with Crippen LogP contribution in [0.25, 0.3) is 0 Å². The molecule has 1 saturated heterocycles. The molecule has 3 aliphatic rings. The second-order valence-corrected chi connectivity index (χ2v) is 17.5. The number of aliphatic hydroxyl groups excluding tert-OH is 1.